The van der Waals surface area contributed by atoms with Gasteiger partial charge in [0.15, 0.2) is 0 Å². The number of rotatable bonds is 4. The van der Waals surface area contributed by atoms with Crippen molar-refractivity contribution in [1.29, 1.82) is 0 Å². The van der Waals surface area contributed by atoms with Gasteiger partial charge in [0.1, 0.15) is 5.75 Å². The highest BCUT2D eigenvalue weighted by Gasteiger charge is 2.14. The van der Waals surface area contributed by atoms with E-state index in [0.717, 1.165) is 16.2 Å². The summed E-state index contributed by atoms with van der Waals surface area (Å²) in [6, 6.07) is 7.51. The Morgan fingerprint density at radius 3 is 2.94 bits per heavy atom. The summed E-state index contributed by atoms with van der Waals surface area (Å²) < 4.78 is 5.26. The number of carboxylic acid groups (broad SMARTS) is 1. The minimum absolute atomic E-state index is 0.0725. The van der Waals surface area contributed by atoms with Crippen LogP contribution in [0.5, 0.6) is 5.75 Å². The fraction of sp³-hybridized carbons (Fsp3) is 0.167. The van der Waals surface area contributed by atoms with Gasteiger partial charge >= 0.3 is 5.97 Å². The summed E-state index contributed by atoms with van der Waals surface area (Å²) in [5.74, 6) is -0.157. The van der Waals surface area contributed by atoms with E-state index in [1.165, 1.54) is 11.3 Å². The number of para-hydroxylation sites is 1. The third-order valence-corrected chi connectivity index (χ3v) is 3.21. The molecule has 0 unspecified atom stereocenters. The van der Waals surface area contributed by atoms with Crippen molar-refractivity contribution in [2.75, 3.05) is 7.11 Å². The molecule has 0 fully saturated rings. The van der Waals surface area contributed by atoms with Gasteiger partial charge in [-0.1, -0.05) is 12.1 Å². The first-order chi connectivity index (χ1) is 8.22. The molecule has 2 rings (SSSR count). The first-order valence-corrected chi connectivity index (χ1v) is 5.88. The highest BCUT2D eigenvalue weighted by molar-refractivity contribution is 7.13. The summed E-state index contributed by atoms with van der Waals surface area (Å²) in [7, 11) is 1.59. The maximum absolute atomic E-state index is 10.7. The molecule has 88 valence electrons. The van der Waals surface area contributed by atoms with Crippen LogP contribution in [0.3, 0.4) is 0 Å². The second kappa shape index (κ2) is 4.97. The van der Waals surface area contributed by atoms with Crippen LogP contribution < -0.4 is 4.74 Å². The van der Waals surface area contributed by atoms with Crippen LogP contribution in [0.25, 0.3) is 10.4 Å². The van der Waals surface area contributed by atoms with E-state index in [4.69, 9.17) is 9.84 Å². The van der Waals surface area contributed by atoms with Crippen molar-refractivity contribution in [2.24, 2.45) is 0 Å². The van der Waals surface area contributed by atoms with Gasteiger partial charge in [-0.3, -0.25) is 4.79 Å². The molecule has 0 spiro atoms. The van der Waals surface area contributed by atoms with E-state index in [1.807, 2.05) is 24.3 Å². The molecule has 1 aromatic carbocycles. The zero-order valence-corrected chi connectivity index (χ0v) is 10.0. The number of benzene rings is 1. The number of thiazole rings is 1. The van der Waals surface area contributed by atoms with Gasteiger partial charge < -0.3 is 9.84 Å². The zero-order chi connectivity index (χ0) is 12.3. The minimum atomic E-state index is -0.882. The molecule has 0 saturated heterocycles. The number of aromatic nitrogens is 1. The predicted octanol–water partition coefficient (Wildman–Crippen LogP) is 2.45. The maximum Gasteiger partial charge on any atom is 0.309 e. The Hall–Kier alpha value is -1.88. The van der Waals surface area contributed by atoms with E-state index in [2.05, 4.69) is 4.98 Å². The average Bonchev–Trinajstić information content (AvgIpc) is 2.76. The van der Waals surface area contributed by atoms with Crippen molar-refractivity contribution in [2.45, 2.75) is 6.42 Å². The van der Waals surface area contributed by atoms with E-state index in [0.29, 0.717) is 5.69 Å². The SMILES string of the molecule is COc1ccccc1-c1scnc1CC(=O)O. The van der Waals surface area contributed by atoms with Crippen LogP contribution in [0.2, 0.25) is 0 Å². The fourth-order valence-electron chi connectivity index (χ4n) is 1.59. The van der Waals surface area contributed by atoms with Crippen molar-refractivity contribution in [3.8, 4) is 16.2 Å². The summed E-state index contributed by atoms with van der Waals surface area (Å²) in [5.41, 5.74) is 3.11. The molecule has 1 N–H and O–H groups in total. The van der Waals surface area contributed by atoms with Crippen LogP contribution in [-0.2, 0) is 11.2 Å². The number of hydrogen-bond acceptors (Lipinski definition) is 4. The first kappa shape index (κ1) is 11.6. The highest BCUT2D eigenvalue weighted by Crippen LogP contribution is 2.34. The number of hydrogen-bond donors (Lipinski definition) is 1. The molecule has 0 atom stereocenters. The van der Waals surface area contributed by atoms with Gasteiger partial charge in [-0.25, -0.2) is 4.98 Å². The third kappa shape index (κ3) is 2.45. The quantitative estimate of drug-likeness (QED) is 0.904. The number of ether oxygens (including phenoxy) is 1. The van der Waals surface area contributed by atoms with Gasteiger partial charge in [0, 0.05) is 5.56 Å². The molecule has 5 heteroatoms. The number of carboxylic acids is 1. The molecular weight excluding hydrogens is 238 g/mol. The van der Waals surface area contributed by atoms with Crippen LogP contribution in [0.1, 0.15) is 5.69 Å². The normalized spacial score (nSPS) is 10.2. The number of methoxy groups -OCH3 is 1. The van der Waals surface area contributed by atoms with Crippen LogP contribution in [-0.4, -0.2) is 23.2 Å². The lowest BCUT2D eigenvalue weighted by molar-refractivity contribution is -0.136. The first-order valence-electron chi connectivity index (χ1n) is 5.00. The topological polar surface area (TPSA) is 59.4 Å². The average molecular weight is 249 g/mol. The Morgan fingerprint density at radius 1 is 1.47 bits per heavy atom. The van der Waals surface area contributed by atoms with Gasteiger partial charge in [-0.2, -0.15) is 0 Å². The van der Waals surface area contributed by atoms with Crippen LogP contribution in [0, 0.1) is 0 Å². The lowest BCUT2D eigenvalue weighted by Gasteiger charge is -2.07. The largest absolute Gasteiger partial charge is 0.496 e. The minimum Gasteiger partial charge on any atom is -0.496 e. The predicted molar refractivity (Wildman–Crippen MR) is 65.4 cm³/mol. The monoisotopic (exact) mass is 249 g/mol. The van der Waals surface area contributed by atoms with Crippen LogP contribution in [0.15, 0.2) is 29.8 Å². The Balaban J connectivity index is 2.46. The van der Waals surface area contributed by atoms with Gasteiger partial charge in [0.05, 0.1) is 29.6 Å². The van der Waals surface area contributed by atoms with Gasteiger partial charge in [-0.05, 0) is 12.1 Å². The van der Waals surface area contributed by atoms with E-state index in [-0.39, 0.29) is 6.42 Å². The lowest BCUT2D eigenvalue weighted by Crippen LogP contribution is -2.01. The van der Waals surface area contributed by atoms with Crippen molar-refractivity contribution in [3.63, 3.8) is 0 Å². The molecule has 0 aliphatic carbocycles. The molecule has 4 nitrogen and oxygen atoms in total. The third-order valence-electron chi connectivity index (χ3n) is 2.31. The molecule has 0 saturated carbocycles. The Morgan fingerprint density at radius 2 is 2.24 bits per heavy atom. The fourth-order valence-corrected chi connectivity index (χ4v) is 2.43. The summed E-state index contributed by atoms with van der Waals surface area (Å²) in [5, 5.41) is 8.82. The Kier molecular flexibility index (Phi) is 3.39. The molecule has 17 heavy (non-hydrogen) atoms. The van der Waals surface area contributed by atoms with Gasteiger partial charge in [-0.15, -0.1) is 11.3 Å². The molecule has 0 radical (unpaired) electrons. The Labute approximate surface area is 103 Å². The van der Waals surface area contributed by atoms with Crippen LogP contribution in [0.4, 0.5) is 0 Å². The number of nitrogens with zero attached hydrogens (tertiary/aromatic N) is 1. The lowest BCUT2D eigenvalue weighted by atomic mass is 10.1. The van der Waals surface area contributed by atoms with Gasteiger partial charge in [0.25, 0.3) is 0 Å². The van der Waals surface area contributed by atoms with E-state index in [9.17, 15) is 4.79 Å². The molecule has 0 aliphatic heterocycles. The second-order valence-corrected chi connectivity index (χ2v) is 4.25. The van der Waals surface area contributed by atoms with E-state index in [1.54, 1.807) is 12.6 Å². The standard InChI is InChI=1S/C12H11NO3S/c1-16-10-5-3-2-4-8(10)12-9(6-11(14)15)13-7-17-12/h2-5,7H,6H2,1H3,(H,14,15). The molecule has 2 aromatic rings. The van der Waals surface area contributed by atoms with E-state index >= 15 is 0 Å². The van der Waals surface area contributed by atoms with Crippen molar-refractivity contribution >= 4 is 17.3 Å². The smallest absolute Gasteiger partial charge is 0.309 e. The number of aliphatic carboxylic acids is 1. The summed E-state index contributed by atoms with van der Waals surface area (Å²) in [6.45, 7) is 0. The van der Waals surface area contributed by atoms with Crippen molar-refractivity contribution < 1.29 is 14.6 Å². The second-order valence-electron chi connectivity index (χ2n) is 3.40. The Bertz CT molecular complexity index is 536. The highest BCUT2D eigenvalue weighted by atomic mass is 32.1. The molecule has 0 bridgehead atoms. The summed E-state index contributed by atoms with van der Waals surface area (Å²) >= 11 is 1.42. The summed E-state index contributed by atoms with van der Waals surface area (Å²) in [6.07, 6.45) is -0.0725. The molecular formula is C12H11NO3S. The molecule has 0 aliphatic rings. The van der Waals surface area contributed by atoms with E-state index < -0.39 is 5.97 Å². The summed E-state index contributed by atoms with van der Waals surface area (Å²) in [4.78, 5) is 15.7. The zero-order valence-electron chi connectivity index (χ0n) is 9.21. The number of carbonyl (C=O) groups is 1. The maximum atomic E-state index is 10.7. The van der Waals surface area contributed by atoms with Crippen molar-refractivity contribution in [3.05, 3.63) is 35.5 Å². The molecule has 1 aromatic heterocycles. The molecule has 1 heterocycles. The van der Waals surface area contributed by atoms with Crippen molar-refractivity contribution in [1.82, 2.24) is 4.98 Å². The van der Waals surface area contributed by atoms with Crippen LogP contribution >= 0.6 is 11.3 Å². The molecule has 0 amide bonds. The van der Waals surface area contributed by atoms with Gasteiger partial charge in [0.2, 0.25) is 0 Å².